The zero-order valence-corrected chi connectivity index (χ0v) is 17.3. The molecule has 3 rings (SSSR count). The van der Waals surface area contributed by atoms with Gasteiger partial charge in [0.1, 0.15) is 0 Å². The van der Waals surface area contributed by atoms with E-state index < -0.39 is 0 Å². The summed E-state index contributed by atoms with van der Waals surface area (Å²) in [4.78, 5) is 29.0. The minimum absolute atomic E-state index is 0.159. The van der Waals surface area contributed by atoms with Gasteiger partial charge in [0.15, 0.2) is 5.16 Å². The van der Waals surface area contributed by atoms with Gasteiger partial charge in [0.2, 0.25) is 5.91 Å². The average molecular weight is 413 g/mol. The highest BCUT2D eigenvalue weighted by Crippen LogP contribution is 2.24. The van der Waals surface area contributed by atoms with E-state index in [1.807, 2.05) is 31.2 Å². The number of aromatic nitrogens is 2. The van der Waals surface area contributed by atoms with Gasteiger partial charge in [-0.1, -0.05) is 30.0 Å². The van der Waals surface area contributed by atoms with E-state index in [2.05, 4.69) is 20.2 Å². The molecule has 1 heterocycles. The first-order chi connectivity index (χ1) is 14.1. The van der Waals surface area contributed by atoms with Gasteiger partial charge in [0.25, 0.3) is 5.91 Å². The second-order valence-corrected chi connectivity index (χ2v) is 7.25. The van der Waals surface area contributed by atoms with Crippen molar-refractivity contribution >= 4 is 40.3 Å². The Morgan fingerprint density at radius 2 is 2.00 bits per heavy atom. The van der Waals surface area contributed by atoms with Crippen LogP contribution in [0.5, 0.6) is 0 Å². The number of methoxy groups -OCH3 is 1. The molecule has 0 aliphatic heterocycles. The maximum atomic E-state index is 12.4. The van der Waals surface area contributed by atoms with Gasteiger partial charge in [0.05, 0.1) is 23.4 Å². The van der Waals surface area contributed by atoms with Gasteiger partial charge in [-0.3, -0.25) is 9.59 Å². The number of thioether (sulfide) groups is 1. The maximum absolute atomic E-state index is 12.4. The lowest BCUT2D eigenvalue weighted by molar-refractivity contribution is -0.113. The number of imidazole rings is 1. The van der Waals surface area contributed by atoms with E-state index in [0.717, 1.165) is 16.2 Å². The Morgan fingerprint density at radius 1 is 1.17 bits per heavy atom. The number of anilines is 1. The molecular formula is C21H24N4O3S. The van der Waals surface area contributed by atoms with Gasteiger partial charge in [-0.15, -0.1) is 0 Å². The molecule has 8 heteroatoms. The summed E-state index contributed by atoms with van der Waals surface area (Å²) >= 11 is 1.37. The number of nitrogens with one attached hydrogen (secondary N) is 2. The topological polar surface area (TPSA) is 85.3 Å². The molecule has 7 nitrogen and oxygen atoms in total. The third-order valence-corrected chi connectivity index (χ3v) is 5.19. The normalized spacial score (nSPS) is 10.8. The SMILES string of the molecule is CCNC(=O)c1cccc(NC(=O)CSc2nc3ccccc3n2CCOC)c1. The fraction of sp³-hybridized carbons (Fsp3) is 0.286. The molecule has 0 aliphatic rings. The Labute approximate surface area is 173 Å². The fourth-order valence-electron chi connectivity index (χ4n) is 2.89. The van der Waals surface area contributed by atoms with Crippen LogP contribution in [-0.4, -0.2) is 47.4 Å². The minimum Gasteiger partial charge on any atom is -0.383 e. The maximum Gasteiger partial charge on any atom is 0.251 e. The molecule has 0 atom stereocenters. The Kier molecular flexibility index (Phi) is 7.26. The van der Waals surface area contributed by atoms with E-state index in [0.29, 0.717) is 30.9 Å². The van der Waals surface area contributed by atoms with Crippen molar-refractivity contribution in [1.82, 2.24) is 14.9 Å². The number of hydrogen-bond acceptors (Lipinski definition) is 5. The van der Waals surface area contributed by atoms with Crippen LogP contribution in [-0.2, 0) is 16.1 Å². The van der Waals surface area contributed by atoms with E-state index in [4.69, 9.17) is 4.74 Å². The summed E-state index contributed by atoms with van der Waals surface area (Å²) in [6.07, 6.45) is 0. The highest BCUT2D eigenvalue weighted by Gasteiger charge is 2.13. The lowest BCUT2D eigenvalue weighted by Gasteiger charge is -2.09. The first-order valence-corrected chi connectivity index (χ1v) is 10.4. The van der Waals surface area contributed by atoms with Gasteiger partial charge in [0, 0.05) is 31.5 Å². The number of fused-ring (bicyclic) bond motifs is 1. The molecule has 2 aromatic carbocycles. The first kappa shape index (κ1) is 20.9. The van der Waals surface area contributed by atoms with Crippen LogP contribution in [0.1, 0.15) is 17.3 Å². The highest BCUT2D eigenvalue weighted by molar-refractivity contribution is 7.99. The Hall–Kier alpha value is -2.84. The van der Waals surface area contributed by atoms with Crippen molar-refractivity contribution in [3.8, 4) is 0 Å². The molecule has 1 aromatic heterocycles. The zero-order chi connectivity index (χ0) is 20.6. The molecule has 0 saturated heterocycles. The lowest BCUT2D eigenvalue weighted by Crippen LogP contribution is -2.23. The number of rotatable bonds is 9. The number of para-hydroxylation sites is 2. The molecule has 0 bridgehead atoms. The molecule has 0 unspecified atom stereocenters. The zero-order valence-electron chi connectivity index (χ0n) is 16.5. The van der Waals surface area contributed by atoms with E-state index in [-0.39, 0.29) is 17.6 Å². The second kappa shape index (κ2) is 10.1. The standard InChI is InChI=1S/C21H24N4O3S/c1-3-22-20(27)15-7-6-8-16(13-15)23-19(26)14-29-21-24-17-9-4-5-10-18(17)25(21)11-12-28-2/h4-10,13H,3,11-12,14H2,1-2H3,(H,22,27)(H,23,26). The Morgan fingerprint density at radius 3 is 2.79 bits per heavy atom. The van der Waals surface area contributed by atoms with Crippen LogP contribution < -0.4 is 10.6 Å². The molecule has 0 saturated carbocycles. The lowest BCUT2D eigenvalue weighted by atomic mass is 10.2. The molecule has 0 radical (unpaired) electrons. The molecule has 0 aliphatic carbocycles. The van der Waals surface area contributed by atoms with Gasteiger partial charge in [-0.25, -0.2) is 4.98 Å². The van der Waals surface area contributed by atoms with Crippen LogP contribution >= 0.6 is 11.8 Å². The number of amides is 2. The Bertz CT molecular complexity index is 1000. The summed E-state index contributed by atoms with van der Waals surface area (Å²) in [5, 5.41) is 6.36. The number of carbonyl (C=O) groups excluding carboxylic acids is 2. The molecule has 2 N–H and O–H groups in total. The number of hydrogen-bond donors (Lipinski definition) is 2. The predicted octanol–water partition coefficient (Wildman–Crippen LogP) is 3.16. The van der Waals surface area contributed by atoms with Crippen molar-refractivity contribution in [1.29, 1.82) is 0 Å². The van der Waals surface area contributed by atoms with E-state index in [9.17, 15) is 9.59 Å². The van der Waals surface area contributed by atoms with Crippen LogP contribution in [0.3, 0.4) is 0 Å². The van der Waals surface area contributed by atoms with E-state index >= 15 is 0 Å². The molecule has 2 amide bonds. The average Bonchev–Trinajstić information content (AvgIpc) is 3.08. The summed E-state index contributed by atoms with van der Waals surface area (Å²) in [6.45, 7) is 3.64. The molecule has 152 valence electrons. The van der Waals surface area contributed by atoms with Crippen molar-refractivity contribution in [2.45, 2.75) is 18.6 Å². The van der Waals surface area contributed by atoms with Gasteiger partial charge >= 0.3 is 0 Å². The first-order valence-electron chi connectivity index (χ1n) is 9.37. The molecule has 0 fully saturated rings. The summed E-state index contributed by atoms with van der Waals surface area (Å²) in [7, 11) is 1.66. The van der Waals surface area contributed by atoms with Crippen molar-refractivity contribution in [2.24, 2.45) is 0 Å². The van der Waals surface area contributed by atoms with Crippen LogP contribution in [0.4, 0.5) is 5.69 Å². The summed E-state index contributed by atoms with van der Waals surface area (Å²) in [5.74, 6) is -0.111. The summed E-state index contributed by atoms with van der Waals surface area (Å²) in [5.41, 5.74) is 3.01. The van der Waals surface area contributed by atoms with Crippen molar-refractivity contribution in [3.63, 3.8) is 0 Å². The largest absolute Gasteiger partial charge is 0.383 e. The smallest absolute Gasteiger partial charge is 0.251 e. The van der Waals surface area contributed by atoms with Crippen LogP contribution in [0.15, 0.2) is 53.7 Å². The number of nitrogens with zero attached hydrogens (tertiary/aromatic N) is 2. The third kappa shape index (κ3) is 5.36. The minimum atomic E-state index is -0.162. The molecule has 0 spiro atoms. The highest BCUT2D eigenvalue weighted by atomic mass is 32.2. The molecule has 29 heavy (non-hydrogen) atoms. The number of benzene rings is 2. The third-order valence-electron chi connectivity index (χ3n) is 4.22. The summed E-state index contributed by atoms with van der Waals surface area (Å²) < 4.78 is 7.26. The molecular weight excluding hydrogens is 388 g/mol. The molecule has 3 aromatic rings. The van der Waals surface area contributed by atoms with Crippen LogP contribution in [0.25, 0.3) is 11.0 Å². The van der Waals surface area contributed by atoms with Gasteiger partial charge < -0.3 is 19.9 Å². The van der Waals surface area contributed by atoms with Crippen molar-refractivity contribution in [3.05, 3.63) is 54.1 Å². The van der Waals surface area contributed by atoms with E-state index in [1.54, 1.807) is 31.4 Å². The van der Waals surface area contributed by atoms with Crippen LogP contribution in [0.2, 0.25) is 0 Å². The van der Waals surface area contributed by atoms with Gasteiger partial charge in [-0.2, -0.15) is 0 Å². The number of carbonyl (C=O) groups is 2. The summed E-state index contributed by atoms with van der Waals surface area (Å²) in [6, 6.07) is 14.8. The quantitative estimate of drug-likeness (QED) is 0.528. The Balaban J connectivity index is 1.67. The van der Waals surface area contributed by atoms with Gasteiger partial charge in [-0.05, 0) is 37.3 Å². The van der Waals surface area contributed by atoms with E-state index in [1.165, 1.54) is 11.8 Å². The monoisotopic (exact) mass is 412 g/mol. The van der Waals surface area contributed by atoms with Crippen molar-refractivity contribution in [2.75, 3.05) is 31.3 Å². The number of ether oxygens (including phenoxy) is 1. The second-order valence-electron chi connectivity index (χ2n) is 6.30. The predicted molar refractivity (Wildman–Crippen MR) is 115 cm³/mol. The van der Waals surface area contributed by atoms with Crippen molar-refractivity contribution < 1.29 is 14.3 Å². The van der Waals surface area contributed by atoms with Crippen LogP contribution in [0, 0.1) is 0 Å². The fourth-order valence-corrected chi connectivity index (χ4v) is 3.73.